The van der Waals surface area contributed by atoms with Gasteiger partial charge in [0.25, 0.3) is 0 Å². The summed E-state index contributed by atoms with van der Waals surface area (Å²) in [5.41, 5.74) is 0. The first-order valence-electron chi connectivity index (χ1n) is 4.88. The molecule has 0 aliphatic heterocycles. The van der Waals surface area contributed by atoms with Crippen LogP contribution in [0.1, 0.15) is 19.3 Å². The highest BCUT2D eigenvalue weighted by molar-refractivity contribution is 6.18. The number of hydrogen-bond acceptors (Lipinski definition) is 4. The first kappa shape index (κ1) is 9.71. The molecule has 1 heterocycles. The first-order valence-corrected chi connectivity index (χ1v) is 5.41. The zero-order valence-corrected chi connectivity index (χ0v) is 8.98. The smallest absolute Gasteiger partial charge is 0.245 e. The van der Waals surface area contributed by atoms with Crippen molar-refractivity contribution >= 4 is 17.5 Å². The Balaban J connectivity index is 2.13. The van der Waals surface area contributed by atoms with Crippen LogP contribution in [0.2, 0.25) is 0 Å². The highest BCUT2D eigenvalue weighted by Crippen LogP contribution is 2.27. The van der Waals surface area contributed by atoms with E-state index in [9.17, 15) is 0 Å². The molecule has 1 aromatic rings. The van der Waals surface area contributed by atoms with Crippen molar-refractivity contribution in [3.63, 3.8) is 0 Å². The minimum absolute atomic E-state index is 0.582. The summed E-state index contributed by atoms with van der Waals surface area (Å²) in [4.78, 5) is 2.20. The summed E-state index contributed by atoms with van der Waals surface area (Å²) in [6, 6.07) is 0.582. The molecule has 0 spiro atoms. The maximum atomic E-state index is 5.77. The number of aromatic nitrogens is 4. The van der Waals surface area contributed by atoms with Gasteiger partial charge in [-0.05, 0) is 29.7 Å². The van der Waals surface area contributed by atoms with Crippen molar-refractivity contribution in [2.75, 3.05) is 17.3 Å². The van der Waals surface area contributed by atoms with Crippen molar-refractivity contribution < 1.29 is 0 Å². The first-order chi connectivity index (χ1) is 6.83. The van der Waals surface area contributed by atoms with E-state index in [0.29, 0.717) is 11.9 Å². The highest BCUT2D eigenvalue weighted by Gasteiger charge is 2.27. The normalized spacial score (nSPS) is 16.7. The second kappa shape index (κ2) is 4.13. The van der Waals surface area contributed by atoms with Crippen LogP contribution in [0.3, 0.4) is 0 Å². The Morgan fingerprint density at radius 1 is 1.57 bits per heavy atom. The highest BCUT2D eigenvalue weighted by atomic mass is 35.5. The number of tetrazole rings is 1. The number of aryl methyl sites for hydroxylation is 1. The quantitative estimate of drug-likeness (QED) is 0.698. The van der Waals surface area contributed by atoms with Gasteiger partial charge in [0.1, 0.15) is 0 Å². The Bertz CT molecular complexity index is 296. The van der Waals surface area contributed by atoms with Gasteiger partial charge in [0.05, 0.1) is 0 Å². The van der Waals surface area contributed by atoms with E-state index in [1.54, 1.807) is 4.68 Å². The zero-order chi connectivity index (χ0) is 9.97. The predicted octanol–water partition coefficient (Wildman–Crippen LogP) is 0.808. The van der Waals surface area contributed by atoms with Crippen LogP contribution < -0.4 is 4.90 Å². The van der Waals surface area contributed by atoms with Gasteiger partial charge in [-0.15, -0.1) is 11.6 Å². The molecule has 1 aliphatic rings. The van der Waals surface area contributed by atoms with E-state index in [1.807, 2.05) is 7.05 Å². The van der Waals surface area contributed by atoms with Crippen molar-refractivity contribution in [1.82, 2.24) is 20.2 Å². The molecule has 0 atom stereocenters. The third kappa shape index (κ3) is 1.68. The summed E-state index contributed by atoms with van der Waals surface area (Å²) >= 11 is 5.77. The van der Waals surface area contributed by atoms with Gasteiger partial charge in [0, 0.05) is 25.5 Å². The molecule has 1 saturated carbocycles. The van der Waals surface area contributed by atoms with Gasteiger partial charge in [-0.3, -0.25) is 0 Å². The second-order valence-electron chi connectivity index (χ2n) is 3.57. The van der Waals surface area contributed by atoms with Crippen molar-refractivity contribution in [2.45, 2.75) is 25.3 Å². The molecule has 0 bridgehead atoms. The lowest BCUT2D eigenvalue weighted by Gasteiger charge is -2.37. The number of anilines is 1. The second-order valence-corrected chi connectivity index (χ2v) is 3.95. The maximum absolute atomic E-state index is 5.77. The molecule has 5 nitrogen and oxygen atoms in total. The van der Waals surface area contributed by atoms with E-state index < -0.39 is 0 Å². The van der Waals surface area contributed by atoms with Crippen LogP contribution >= 0.6 is 11.6 Å². The minimum atomic E-state index is 0.582. The maximum Gasteiger partial charge on any atom is 0.245 e. The number of rotatable bonds is 4. The van der Waals surface area contributed by atoms with Crippen molar-refractivity contribution in [3.8, 4) is 0 Å². The fraction of sp³-hybridized carbons (Fsp3) is 0.875. The van der Waals surface area contributed by atoms with Crippen molar-refractivity contribution in [2.24, 2.45) is 7.05 Å². The number of hydrogen-bond donors (Lipinski definition) is 0. The molecule has 6 heteroatoms. The van der Waals surface area contributed by atoms with Crippen LogP contribution in [0.15, 0.2) is 0 Å². The fourth-order valence-corrected chi connectivity index (χ4v) is 1.89. The van der Waals surface area contributed by atoms with Crippen LogP contribution in [0.5, 0.6) is 0 Å². The van der Waals surface area contributed by atoms with Crippen LogP contribution in [0.4, 0.5) is 5.95 Å². The number of halogens is 1. The van der Waals surface area contributed by atoms with E-state index in [4.69, 9.17) is 11.6 Å². The van der Waals surface area contributed by atoms with E-state index in [1.165, 1.54) is 19.3 Å². The van der Waals surface area contributed by atoms with Gasteiger partial charge in [0.15, 0.2) is 0 Å². The van der Waals surface area contributed by atoms with Crippen molar-refractivity contribution in [1.29, 1.82) is 0 Å². The monoisotopic (exact) mass is 215 g/mol. The molecular formula is C8H14ClN5. The Hall–Kier alpha value is -0.840. The summed E-state index contributed by atoms with van der Waals surface area (Å²) in [6.45, 7) is 0.820. The lowest BCUT2D eigenvalue weighted by molar-refractivity contribution is 0.383. The molecule has 0 radical (unpaired) electrons. The lowest BCUT2D eigenvalue weighted by Crippen LogP contribution is -2.42. The van der Waals surface area contributed by atoms with E-state index in [2.05, 4.69) is 20.4 Å². The van der Waals surface area contributed by atoms with Gasteiger partial charge < -0.3 is 4.90 Å². The molecular weight excluding hydrogens is 202 g/mol. The van der Waals surface area contributed by atoms with Gasteiger partial charge in [0.2, 0.25) is 5.95 Å². The molecule has 2 rings (SSSR count). The zero-order valence-electron chi connectivity index (χ0n) is 8.23. The largest absolute Gasteiger partial charge is 0.336 e. The van der Waals surface area contributed by atoms with E-state index in [0.717, 1.165) is 12.5 Å². The molecule has 0 N–H and O–H groups in total. The number of nitrogens with zero attached hydrogens (tertiary/aromatic N) is 5. The average Bonchev–Trinajstić information content (AvgIpc) is 2.47. The van der Waals surface area contributed by atoms with Crippen molar-refractivity contribution in [3.05, 3.63) is 0 Å². The van der Waals surface area contributed by atoms with E-state index >= 15 is 0 Å². The Morgan fingerprint density at radius 3 is 2.79 bits per heavy atom. The Morgan fingerprint density at radius 2 is 2.36 bits per heavy atom. The average molecular weight is 216 g/mol. The van der Waals surface area contributed by atoms with Gasteiger partial charge >= 0.3 is 0 Å². The Labute approximate surface area is 88.0 Å². The Kier molecular flexibility index (Phi) is 2.86. The van der Waals surface area contributed by atoms with Crippen LogP contribution in [0.25, 0.3) is 0 Å². The SMILES string of the molecule is Cn1nnnc1N(CCCl)C1CCC1. The number of alkyl halides is 1. The van der Waals surface area contributed by atoms with Crippen LogP contribution in [0, 0.1) is 0 Å². The molecule has 0 unspecified atom stereocenters. The topological polar surface area (TPSA) is 46.8 Å². The third-order valence-corrected chi connectivity index (χ3v) is 2.86. The predicted molar refractivity (Wildman–Crippen MR) is 54.5 cm³/mol. The summed E-state index contributed by atoms with van der Waals surface area (Å²) in [6.07, 6.45) is 3.75. The molecule has 14 heavy (non-hydrogen) atoms. The molecule has 1 aliphatic carbocycles. The molecule has 0 saturated heterocycles. The van der Waals surface area contributed by atoms with Crippen LogP contribution in [-0.2, 0) is 7.05 Å². The van der Waals surface area contributed by atoms with E-state index in [-0.39, 0.29) is 0 Å². The molecule has 78 valence electrons. The summed E-state index contributed by atoms with van der Waals surface area (Å²) in [5.74, 6) is 1.44. The van der Waals surface area contributed by atoms with Gasteiger partial charge in [-0.2, -0.15) is 0 Å². The molecule has 0 aromatic carbocycles. The lowest BCUT2D eigenvalue weighted by atomic mass is 9.92. The minimum Gasteiger partial charge on any atom is -0.336 e. The molecule has 0 amide bonds. The van der Waals surface area contributed by atoms with Crippen LogP contribution in [-0.4, -0.2) is 38.7 Å². The fourth-order valence-electron chi connectivity index (χ4n) is 1.70. The van der Waals surface area contributed by atoms with Gasteiger partial charge in [-0.1, -0.05) is 5.10 Å². The summed E-state index contributed by atoms with van der Waals surface area (Å²) in [7, 11) is 1.86. The third-order valence-electron chi connectivity index (χ3n) is 2.70. The molecule has 1 fully saturated rings. The summed E-state index contributed by atoms with van der Waals surface area (Å²) in [5, 5.41) is 11.5. The standard InChI is InChI=1S/C8H14ClN5/c1-13-8(10-11-12-13)14(6-5-9)7-3-2-4-7/h7H,2-6H2,1H3. The molecule has 1 aromatic heterocycles. The summed E-state index contributed by atoms with van der Waals surface area (Å²) < 4.78 is 1.70. The van der Waals surface area contributed by atoms with Gasteiger partial charge in [-0.25, -0.2) is 4.68 Å².